The van der Waals surface area contributed by atoms with Crippen molar-refractivity contribution >= 4 is 27.5 Å². The predicted octanol–water partition coefficient (Wildman–Crippen LogP) is 1.51. The molecule has 2 aliphatic rings. The molecule has 0 amide bonds. The topological polar surface area (TPSA) is 89.9 Å². The number of hydrogen-bond acceptors (Lipinski definition) is 5. The van der Waals surface area contributed by atoms with Crippen LogP contribution in [0.2, 0.25) is 0 Å². The summed E-state index contributed by atoms with van der Waals surface area (Å²) in [6.45, 7) is 2.47. The standard InChI is InChI=1S/C13H17NO5S/c1-8(15)12(9(2)16)19-13-10-6-4-3-5-7-11(10)20(17,18)14-13/h12H,3-7H2,1-2H3. The van der Waals surface area contributed by atoms with Gasteiger partial charge in [0.1, 0.15) is 0 Å². The summed E-state index contributed by atoms with van der Waals surface area (Å²) in [5, 5.41) is 0. The Morgan fingerprint density at radius 2 is 1.70 bits per heavy atom. The fourth-order valence-corrected chi connectivity index (χ4v) is 3.83. The Morgan fingerprint density at radius 3 is 2.30 bits per heavy atom. The van der Waals surface area contributed by atoms with E-state index in [1.165, 1.54) is 13.8 Å². The fraction of sp³-hybridized carbons (Fsp3) is 0.615. The second kappa shape index (κ2) is 5.47. The number of ketones is 2. The van der Waals surface area contributed by atoms with E-state index in [0.29, 0.717) is 18.4 Å². The van der Waals surface area contributed by atoms with Crippen LogP contribution >= 0.6 is 0 Å². The number of carbonyl (C=O) groups is 2. The molecule has 2 rings (SSSR count). The van der Waals surface area contributed by atoms with Crippen LogP contribution in [0, 0.1) is 0 Å². The van der Waals surface area contributed by atoms with Gasteiger partial charge in [0, 0.05) is 5.57 Å². The van der Waals surface area contributed by atoms with Crippen molar-refractivity contribution in [2.45, 2.75) is 52.1 Å². The number of nitrogens with zero attached hydrogens (tertiary/aromatic N) is 1. The summed E-state index contributed by atoms with van der Waals surface area (Å²) in [4.78, 5) is 23.1. The normalized spacial score (nSPS) is 21.2. The lowest BCUT2D eigenvalue weighted by atomic mass is 10.1. The number of carbonyl (C=O) groups excluding carboxylic acids is 2. The minimum Gasteiger partial charge on any atom is -0.458 e. The van der Waals surface area contributed by atoms with Gasteiger partial charge in [-0.1, -0.05) is 6.42 Å². The van der Waals surface area contributed by atoms with E-state index >= 15 is 0 Å². The second-order valence-electron chi connectivity index (χ2n) is 5.05. The first kappa shape index (κ1) is 14.9. The molecule has 0 aromatic carbocycles. The molecule has 0 fully saturated rings. The first-order chi connectivity index (χ1) is 9.33. The van der Waals surface area contributed by atoms with Gasteiger partial charge in [0.05, 0.1) is 4.91 Å². The van der Waals surface area contributed by atoms with Crippen molar-refractivity contribution in [1.82, 2.24) is 0 Å². The van der Waals surface area contributed by atoms with Crippen LogP contribution in [0.3, 0.4) is 0 Å². The molecule has 0 atom stereocenters. The van der Waals surface area contributed by atoms with E-state index in [0.717, 1.165) is 19.3 Å². The number of hydrogen-bond donors (Lipinski definition) is 0. The van der Waals surface area contributed by atoms with Crippen molar-refractivity contribution < 1.29 is 22.7 Å². The molecule has 0 aromatic rings. The van der Waals surface area contributed by atoms with Crippen molar-refractivity contribution in [3.8, 4) is 0 Å². The number of rotatable bonds is 3. The van der Waals surface area contributed by atoms with Crippen LogP contribution in [-0.4, -0.2) is 32.0 Å². The van der Waals surface area contributed by atoms with E-state index < -0.39 is 27.7 Å². The van der Waals surface area contributed by atoms with Crippen molar-refractivity contribution in [3.05, 3.63) is 10.5 Å². The SMILES string of the molecule is CC(=O)C(OC1=NS(=O)(=O)C2=C1CCCCC2)C(C)=O. The summed E-state index contributed by atoms with van der Waals surface area (Å²) < 4.78 is 32.9. The average Bonchev–Trinajstić information content (AvgIpc) is 2.54. The zero-order valence-electron chi connectivity index (χ0n) is 11.5. The van der Waals surface area contributed by atoms with Crippen LogP contribution in [-0.2, 0) is 24.3 Å². The van der Waals surface area contributed by atoms with E-state index in [1.807, 2.05) is 0 Å². The van der Waals surface area contributed by atoms with E-state index in [4.69, 9.17) is 4.74 Å². The molecule has 0 saturated heterocycles. The molecule has 0 radical (unpaired) electrons. The summed E-state index contributed by atoms with van der Waals surface area (Å²) >= 11 is 0. The van der Waals surface area contributed by atoms with E-state index in [2.05, 4.69) is 4.40 Å². The lowest BCUT2D eigenvalue weighted by Crippen LogP contribution is -2.32. The Bertz CT molecular complexity index is 601. The summed E-state index contributed by atoms with van der Waals surface area (Å²) in [5.74, 6) is -0.988. The molecule has 0 unspecified atom stereocenters. The van der Waals surface area contributed by atoms with Gasteiger partial charge in [-0.15, -0.1) is 4.40 Å². The van der Waals surface area contributed by atoms with Gasteiger partial charge in [0.25, 0.3) is 10.0 Å². The van der Waals surface area contributed by atoms with E-state index in [9.17, 15) is 18.0 Å². The summed E-state index contributed by atoms with van der Waals surface area (Å²) in [5.41, 5.74) is 0.537. The highest BCUT2D eigenvalue weighted by molar-refractivity contribution is 7.94. The lowest BCUT2D eigenvalue weighted by molar-refractivity contribution is -0.134. The summed E-state index contributed by atoms with van der Waals surface area (Å²) in [7, 11) is -3.70. The Hall–Kier alpha value is -1.50. The molecular weight excluding hydrogens is 282 g/mol. The third-order valence-corrected chi connectivity index (χ3v) is 4.89. The highest BCUT2D eigenvalue weighted by atomic mass is 32.2. The Labute approximate surface area is 118 Å². The molecule has 0 aromatic heterocycles. The molecule has 1 heterocycles. The molecule has 0 N–H and O–H groups in total. The van der Waals surface area contributed by atoms with E-state index in [-0.39, 0.29) is 10.8 Å². The second-order valence-corrected chi connectivity index (χ2v) is 6.68. The Kier molecular flexibility index (Phi) is 4.08. The smallest absolute Gasteiger partial charge is 0.282 e. The predicted molar refractivity (Wildman–Crippen MR) is 72.7 cm³/mol. The van der Waals surface area contributed by atoms with Crippen molar-refractivity contribution in [3.63, 3.8) is 0 Å². The van der Waals surface area contributed by atoms with Crippen molar-refractivity contribution in [1.29, 1.82) is 0 Å². The number of sulfonamides is 1. The van der Waals surface area contributed by atoms with Crippen LogP contribution in [0.25, 0.3) is 0 Å². The molecule has 6 nitrogen and oxygen atoms in total. The Morgan fingerprint density at radius 1 is 1.10 bits per heavy atom. The monoisotopic (exact) mass is 299 g/mol. The van der Waals surface area contributed by atoms with Crippen molar-refractivity contribution in [2.24, 2.45) is 4.40 Å². The van der Waals surface area contributed by atoms with Crippen LogP contribution in [0.15, 0.2) is 14.9 Å². The van der Waals surface area contributed by atoms with Gasteiger partial charge in [-0.05, 0) is 39.5 Å². The quantitative estimate of drug-likeness (QED) is 0.737. The zero-order chi connectivity index (χ0) is 14.9. The van der Waals surface area contributed by atoms with Crippen LogP contribution in [0.4, 0.5) is 0 Å². The van der Waals surface area contributed by atoms with Gasteiger partial charge >= 0.3 is 0 Å². The summed E-state index contributed by atoms with van der Waals surface area (Å²) in [6.07, 6.45) is 2.30. The van der Waals surface area contributed by atoms with Crippen molar-refractivity contribution in [2.75, 3.05) is 0 Å². The minimum absolute atomic E-state index is 0.0719. The third-order valence-electron chi connectivity index (χ3n) is 3.41. The van der Waals surface area contributed by atoms with Gasteiger partial charge in [-0.2, -0.15) is 8.42 Å². The largest absolute Gasteiger partial charge is 0.458 e. The lowest BCUT2D eigenvalue weighted by Gasteiger charge is -2.14. The van der Waals surface area contributed by atoms with Gasteiger partial charge < -0.3 is 4.74 Å². The first-order valence-corrected chi connectivity index (χ1v) is 8.02. The molecule has 1 aliphatic heterocycles. The fourth-order valence-electron chi connectivity index (χ4n) is 2.44. The number of allylic oxidation sites excluding steroid dienone is 1. The molecule has 0 bridgehead atoms. The van der Waals surface area contributed by atoms with E-state index in [1.54, 1.807) is 0 Å². The molecule has 20 heavy (non-hydrogen) atoms. The molecule has 0 spiro atoms. The van der Waals surface area contributed by atoms with Crippen LogP contribution < -0.4 is 0 Å². The molecular formula is C13H17NO5S. The van der Waals surface area contributed by atoms with Gasteiger partial charge in [-0.3, -0.25) is 9.59 Å². The molecule has 0 saturated carbocycles. The Balaban J connectivity index is 2.34. The average molecular weight is 299 g/mol. The molecule has 7 heteroatoms. The van der Waals surface area contributed by atoms with Crippen LogP contribution in [0.5, 0.6) is 0 Å². The molecule has 1 aliphatic carbocycles. The maximum absolute atomic E-state index is 12.0. The minimum atomic E-state index is -3.70. The van der Waals surface area contributed by atoms with Gasteiger partial charge in [-0.25, -0.2) is 0 Å². The first-order valence-electron chi connectivity index (χ1n) is 6.58. The zero-order valence-corrected chi connectivity index (χ0v) is 12.3. The number of ether oxygens (including phenoxy) is 1. The maximum Gasteiger partial charge on any atom is 0.282 e. The van der Waals surface area contributed by atoms with Gasteiger partial charge in [0.15, 0.2) is 11.6 Å². The number of Topliss-reactive ketones (excluding diaryl/α,β-unsaturated/α-hetero) is 2. The molecule has 110 valence electrons. The maximum atomic E-state index is 12.0. The highest BCUT2D eigenvalue weighted by Gasteiger charge is 2.36. The van der Waals surface area contributed by atoms with Crippen LogP contribution in [0.1, 0.15) is 46.0 Å². The highest BCUT2D eigenvalue weighted by Crippen LogP contribution is 2.35. The van der Waals surface area contributed by atoms with Gasteiger partial charge in [0.2, 0.25) is 12.0 Å². The third kappa shape index (κ3) is 2.82. The summed E-state index contributed by atoms with van der Waals surface area (Å²) in [6, 6.07) is 0.